The highest BCUT2D eigenvalue weighted by atomic mass is 19.1. The average molecular weight is 287 g/mol. The van der Waals surface area contributed by atoms with Gasteiger partial charge in [-0.15, -0.1) is 0 Å². The predicted molar refractivity (Wildman–Crippen MR) is 79.4 cm³/mol. The van der Waals surface area contributed by atoms with Crippen LogP contribution < -0.4 is 0 Å². The number of nitrogens with zero attached hydrogens (tertiary/aromatic N) is 1. The molecule has 0 aliphatic rings. The molecule has 0 amide bonds. The summed E-state index contributed by atoms with van der Waals surface area (Å²) >= 11 is 0. The van der Waals surface area contributed by atoms with Gasteiger partial charge in [0.1, 0.15) is 11.9 Å². The third-order valence-electron chi connectivity index (χ3n) is 3.72. The molecular weight excluding hydrogens is 269 g/mol. The lowest BCUT2D eigenvalue weighted by Gasteiger charge is -2.31. The molecule has 21 heavy (non-hydrogen) atoms. The molecular formula is C17H18FNO2. The molecule has 0 aliphatic heterocycles. The first-order chi connectivity index (χ1) is 10.0. The molecule has 3 nitrogen and oxygen atoms in total. The summed E-state index contributed by atoms with van der Waals surface area (Å²) < 4.78 is 13.9. The number of carboxylic acids is 1. The zero-order valence-corrected chi connectivity index (χ0v) is 12.0. The van der Waals surface area contributed by atoms with Gasteiger partial charge in [-0.2, -0.15) is 0 Å². The zero-order chi connectivity index (χ0) is 15.4. The number of benzene rings is 2. The summed E-state index contributed by atoms with van der Waals surface area (Å²) in [6, 6.07) is 14.2. The van der Waals surface area contributed by atoms with Crippen LogP contribution in [0.15, 0.2) is 54.6 Å². The fourth-order valence-electron chi connectivity index (χ4n) is 2.44. The van der Waals surface area contributed by atoms with Crippen molar-refractivity contribution in [3.63, 3.8) is 0 Å². The van der Waals surface area contributed by atoms with Crippen molar-refractivity contribution in [3.05, 3.63) is 71.5 Å². The second kappa shape index (κ2) is 6.50. The van der Waals surface area contributed by atoms with Crippen LogP contribution in [0, 0.1) is 5.82 Å². The van der Waals surface area contributed by atoms with Crippen LogP contribution in [0.5, 0.6) is 0 Å². The van der Waals surface area contributed by atoms with Gasteiger partial charge in [0.2, 0.25) is 0 Å². The number of aliphatic carboxylic acids is 1. The van der Waals surface area contributed by atoms with Crippen LogP contribution in [0.25, 0.3) is 0 Å². The van der Waals surface area contributed by atoms with Crippen molar-refractivity contribution >= 4 is 5.97 Å². The van der Waals surface area contributed by atoms with Gasteiger partial charge in [0.25, 0.3) is 0 Å². The number of carbonyl (C=O) groups is 1. The van der Waals surface area contributed by atoms with E-state index in [0.29, 0.717) is 11.1 Å². The average Bonchev–Trinajstić information content (AvgIpc) is 2.48. The Morgan fingerprint density at radius 3 is 2.24 bits per heavy atom. The second-order valence-electron chi connectivity index (χ2n) is 5.01. The summed E-state index contributed by atoms with van der Waals surface area (Å²) in [6.45, 7) is 1.80. The van der Waals surface area contributed by atoms with Crippen molar-refractivity contribution in [2.75, 3.05) is 7.05 Å². The molecule has 2 rings (SSSR count). The molecule has 2 aromatic rings. The van der Waals surface area contributed by atoms with Gasteiger partial charge in [0, 0.05) is 11.6 Å². The van der Waals surface area contributed by atoms with Gasteiger partial charge in [-0.05, 0) is 25.6 Å². The minimum Gasteiger partial charge on any atom is -0.480 e. The summed E-state index contributed by atoms with van der Waals surface area (Å²) in [4.78, 5) is 13.3. The highest BCUT2D eigenvalue weighted by Gasteiger charge is 2.29. The van der Waals surface area contributed by atoms with Gasteiger partial charge in [-0.3, -0.25) is 9.69 Å². The number of likely N-dealkylation sites (N-methyl/N-ethyl adjacent to an activating group) is 1. The number of rotatable bonds is 5. The van der Waals surface area contributed by atoms with E-state index in [1.54, 1.807) is 61.3 Å². The van der Waals surface area contributed by atoms with E-state index < -0.39 is 12.0 Å². The van der Waals surface area contributed by atoms with E-state index in [1.165, 1.54) is 6.07 Å². The van der Waals surface area contributed by atoms with Crippen LogP contribution in [-0.4, -0.2) is 23.0 Å². The lowest BCUT2D eigenvalue weighted by Crippen LogP contribution is -2.33. The van der Waals surface area contributed by atoms with Crippen LogP contribution in [0.2, 0.25) is 0 Å². The molecule has 0 aliphatic carbocycles. The van der Waals surface area contributed by atoms with Gasteiger partial charge in [0.15, 0.2) is 0 Å². The molecule has 2 aromatic carbocycles. The summed E-state index contributed by atoms with van der Waals surface area (Å²) in [7, 11) is 1.70. The molecule has 0 heterocycles. The van der Waals surface area contributed by atoms with Gasteiger partial charge >= 0.3 is 5.97 Å². The summed E-state index contributed by atoms with van der Waals surface area (Å²) in [5.41, 5.74) is 1.16. The molecule has 0 saturated carbocycles. The van der Waals surface area contributed by atoms with E-state index in [9.17, 15) is 14.3 Å². The Balaban J connectivity index is 2.33. The topological polar surface area (TPSA) is 40.5 Å². The summed E-state index contributed by atoms with van der Waals surface area (Å²) in [6.07, 6.45) is 0. The maximum Gasteiger partial charge on any atom is 0.325 e. The van der Waals surface area contributed by atoms with E-state index in [0.717, 1.165) is 0 Å². The number of halogens is 1. The van der Waals surface area contributed by atoms with Crippen LogP contribution in [0.1, 0.15) is 30.1 Å². The molecule has 0 radical (unpaired) electrons. The normalized spacial score (nSPS) is 13.9. The first-order valence-electron chi connectivity index (χ1n) is 6.76. The van der Waals surface area contributed by atoms with Crippen LogP contribution in [0.4, 0.5) is 4.39 Å². The highest BCUT2D eigenvalue weighted by Crippen LogP contribution is 2.30. The van der Waals surface area contributed by atoms with Crippen molar-refractivity contribution in [2.45, 2.75) is 19.0 Å². The Kier molecular flexibility index (Phi) is 4.70. The third-order valence-corrected chi connectivity index (χ3v) is 3.72. The third kappa shape index (κ3) is 3.28. The Hall–Kier alpha value is -2.20. The molecule has 4 heteroatoms. The van der Waals surface area contributed by atoms with E-state index in [1.807, 2.05) is 6.07 Å². The first-order valence-corrected chi connectivity index (χ1v) is 6.76. The molecule has 0 aromatic heterocycles. The molecule has 2 atom stereocenters. The lowest BCUT2D eigenvalue weighted by atomic mass is 10.0. The molecule has 0 fully saturated rings. The van der Waals surface area contributed by atoms with Crippen LogP contribution in [0.3, 0.4) is 0 Å². The van der Waals surface area contributed by atoms with Crippen LogP contribution in [-0.2, 0) is 4.79 Å². The van der Waals surface area contributed by atoms with E-state index in [4.69, 9.17) is 0 Å². The summed E-state index contributed by atoms with van der Waals surface area (Å²) in [5.74, 6) is -1.28. The molecule has 0 bridgehead atoms. The van der Waals surface area contributed by atoms with Crippen molar-refractivity contribution in [2.24, 2.45) is 0 Å². The van der Waals surface area contributed by atoms with E-state index >= 15 is 0 Å². The fraction of sp³-hybridized carbons (Fsp3) is 0.235. The van der Waals surface area contributed by atoms with Gasteiger partial charge < -0.3 is 5.11 Å². The Morgan fingerprint density at radius 2 is 1.67 bits per heavy atom. The molecule has 0 saturated heterocycles. The first kappa shape index (κ1) is 15.2. The van der Waals surface area contributed by atoms with Crippen molar-refractivity contribution < 1.29 is 14.3 Å². The van der Waals surface area contributed by atoms with E-state index in [2.05, 4.69) is 0 Å². The summed E-state index contributed by atoms with van der Waals surface area (Å²) in [5, 5.41) is 9.53. The predicted octanol–water partition coefficient (Wildman–Crippen LogP) is 3.64. The van der Waals surface area contributed by atoms with Crippen molar-refractivity contribution in [1.29, 1.82) is 0 Å². The van der Waals surface area contributed by atoms with E-state index in [-0.39, 0.29) is 11.9 Å². The minimum absolute atomic E-state index is 0.325. The minimum atomic E-state index is -0.952. The lowest BCUT2D eigenvalue weighted by molar-refractivity contribution is -0.144. The number of hydrogen-bond acceptors (Lipinski definition) is 2. The number of hydrogen-bond donors (Lipinski definition) is 1. The zero-order valence-electron chi connectivity index (χ0n) is 12.0. The maximum absolute atomic E-state index is 13.9. The molecule has 0 spiro atoms. The van der Waals surface area contributed by atoms with Crippen LogP contribution >= 0.6 is 0 Å². The quantitative estimate of drug-likeness (QED) is 0.912. The molecule has 1 N–H and O–H groups in total. The Morgan fingerprint density at radius 1 is 1.10 bits per heavy atom. The smallest absolute Gasteiger partial charge is 0.325 e. The maximum atomic E-state index is 13.9. The van der Waals surface area contributed by atoms with Crippen molar-refractivity contribution in [3.8, 4) is 0 Å². The Labute approximate surface area is 123 Å². The standard InChI is InChI=1S/C17H18FNO2/c1-12(14-10-6-7-11-15(14)18)19(2)16(17(20)21)13-8-4-3-5-9-13/h3-12,16H,1-2H3,(H,20,21). The van der Waals surface area contributed by atoms with Crippen molar-refractivity contribution in [1.82, 2.24) is 4.90 Å². The Bertz CT molecular complexity index is 615. The monoisotopic (exact) mass is 287 g/mol. The van der Waals surface area contributed by atoms with Gasteiger partial charge in [-0.25, -0.2) is 4.39 Å². The number of carboxylic acid groups (broad SMARTS) is 1. The fourth-order valence-corrected chi connectivity index (χ4v) is 2.44. The SMILES string of the molecule is CC(c1ccccc1F)N(C)C(C(=O)O)c1ccccc1. The highest BCUT2D eigenvalue weighted by molar-refractivity contribution is 5.75. The second-order valence-corrected chi connectivity index (χ2v) is 5.01. The van der Waals surface area contributed by atoms with Gasteiger partial charge in [-0.1, -0.05) is 48.5 Å². The largest absolute Gasteiger partial charge is 0.480 e. The molecule has 2 unspecified atom stereocenters. The molecule has 110 valence electrons. The van der Waals surface area contributed by atoms with Gasteiger partial charge in [0.05, 0.1) is 0 Å².